The molecule has 110 heavy (non-hydrogen) atoms. The van der Waals surface area contributed by atoms with Crippen LogP contribution in [0.4, 0.5) is 113 Å². The Balaban J connectivity index is 0.000000328. The van der Waals surface area contributed by atoms with Crippen LogP contribution < -0.4 is 36.6 Å². The van der Waals surface area contributed by atoms with Gasteiger partial charge < -0.3 is 77.5 Å². The van der Waals surface area contributed by atoms with Crippen molar-refractivity contribution >= 4 is 57.6 Å². The van der Waals surface area contributed by atoms with E-state index in [0.29, 0.717) is 97.1 Å². The Kier molecular flexibility index (Phi) is 23.6. The quantitative estimate of drug-likeness (QED) is 0.0146. The van der Waals surface area contributed by atoms with Gasteiger partial charge in [-0.15, -0.1) is 0 Å². The lowest BCUT2D eigenvalue weighted by Crippen LogP contribution is -2.54. The number of hydrogen-bond acceptors (Lipinski definition) is 16. The lowest BCUT2D eigenvalue weighted by atomic mass is 9.72. The van der Waals surface area contributed by atoms with Crippen molar-refractivity contribution in [3.8, 4) is 46.0 Å². The van der Waals surface area contributed by atoms with Crippen LogP contribution in [0, 0.1) is 0 Å². The van der Waals surface area contributed by atoms with E-state index in [1.54, 1.807) is 0 Å². The molecule has 2 atom stereocenters. The number of Topliss-reactive ketones (excluding diaryl/α,β-unsaturated/α-hetero) is 1. The summed E-state index contributed by atoms with van der Waals surface area (Å²) in [5, 5.41) is 95.4. The third-order valence-corrected chi connectivity index (χ3v) is 17.0. The van der Waals surface area contributed by atoms with Crippen molar-refractivity contribution in [2.24, 2.45) is 0 Å². The molecule has 0 fully saturated rings. The average Bonchev–Trinajstić information content (AvgIpc) is 0.725. The number of carbonyl (C=O) groups is 4. The van der Waals surface area contributed by atoms with Crippen LogP contribution in [0.1, 0.15) is 98.5 Å². The maximum absolute atomic E-state index is 14.9. The van der Waals surface area contributed by atoms with Crippen LogP contribution >= 0.6 is 0 Å². The van der Waals surface area contributed by atoms with Crippen LogP contribution in [-0.4, -0.2) is 108 Å². The number of alkyl halides is 18. The lowest BCUT2D eigenvalue weighted by Gasteiger charge is -2.38. The predicted molar refractivity (Wildman–Crippen MR) is 360 cm³/mol. The summed E-state index contributed by atoms with van der Waals surface area (Å²) in [5.41, 5.74) is -27.0. The smallest absolute Gasteiger partial charge is 0.411 e. The zero-order chi connectivity index (χ0) is 82.0. The number of phenolic OH excluding ortho intramolecular Hbond substituents is 6. The van der Waals surface area contributed by atoms with Crippen LogP contribution in [0.3, 0.4) is 0 Å². The fourth-order valence-corrected chi connectivity index (χ4v) is 11.8. The molecule has 3 amide bonds. The summed E-state index contributed by atoms with van der Waals surface area (Å²) in [5.74, 6) is -7.99. The SMILES string of the molecule is CC(=O)Nc1cc(C(c2ccc(O)c(N[C@@H](O)c3cccc(C(C)=O)c3)c2)(C(F)(F)F)C(F)(F)F)ccc1O.CNc1cc(C(c2ccc(O)c(N[C@@H](O)c3ccc(Oc4ccc(C(=O)Nc5cc(C(c6ccc(O)c(NC(C)=O)c6)(C(F)(F)F)C(F)(F)F)ccc5O)cc4)cc3)c2)(C(F)(F)F)C(F)(F)F)ccc1O. The largest absolute Gasteiger partial charge is 0.506 e. The number of halogens is 18. The number of hydrogen-bond donors (Lipinski definition) is 14. The fraction of sp³-hybridized carbons (Fsp3) is 0.205. The summed E-state index contributed by atoms with van der Waals surface area (Å²) in [6.45, 7) is 3.10. The van der Waals surface area contributed by atoms with E-state index < -0.39 is 185 Å². The molecular formula is C73H58F18N6O13. The maximum Gasteiger partial charge on any atom is 0.411 e. The third kappa shape index (κ3) is 16.6. The molecule has 19 nitrogen and oxygen atoms in total. The van der Waals surface area contributed by atoms with Gasteiger partial charge in [-0.25, -0.2) is 0 Å². The molecule has 584 valence electrons. The molecule has 9 aromatic rings. The van der Waals surface area contributed by atoms with E-state index in [2.05, 4.69) is 21.3 Å². The summed E-state index contributed by atoms with van der Waals surface area (Å²) in [6, 6.07) is 23.0. The van der Waals surface area contributed by atoms with E-state index in [9.17, 15) is 139 Å². The van der Waals surface area contributed by atoms with E-state index in [1.165, 1.54) is 67.6 Å². The molecule has 0 aromatic heterocycles. The Morgan fingerprint density at radius 3 is 0.918 bits per heavy atom. The van der Waals surface area contributed by atoms with Crippen LogP contribution in [0.5, 0.6) is 46.0 Å². The normalized spacial score (nSPS) is 13.0. The first-order valence-corrected chi connectivity index (χ1v) is 31.3. The summed E-state index contributed by atoms with van der Waals surface area (Å²) in [6.07, 6.45) is -40.0. The van der Waals surface area contributed by atoms with Crippen LogP contribution in [0.2, 0.25) is 0 Å². The molecule has 0 radical (unpaired) electrons. The zero-order valence-corrected chi connectivity index (χ0v) is 56.4. The fourth-order valence-electron chi connectivity index (χ4n) is 11.8. The number of nitrogens with one attached hydrogen (secondary N) is 6. The summed E-state index contributed by atoms with van der Waals surface area (Å²) < 4.78 is 272. The highest BCUT2D eigenvalue weighted by atomic mass is 19.4. The Bertz CT molecular complexity index is 4870. The summed E-state index contributed by atoms with van der Waals surface area (Å²) in [7, 11) is 1.16. The Hall–Kier alpha value is -12.3. The number of ketones is 1. The van der Waals surface area contributed by atoms with E-state index in [0.717, 1.165) is 33.0 Å². The number of benzene rings is 9. The number of rotatable bonds is 20. The number of carbonyl (C=O) groups excluding carboxylic acids is 4. The monoisotopic (exact) mass is 1570 g/mol. The highest BCUT2D eigenvalue weighted by Gasteiger charge is 2.75. The molecule has 0 aliphatic heterocycles. The second-order valence-electron chi connectivity index (χ2n) is 24.2. The van der Waals surface area contributed by atoms with Gasteiger partial charge in [-0.2, -0.15) is 79.0 Å². The molecule has 0 saturated carbocycles. The van der Waals surface area contributed by atoms with Crippen molar-refractivity contribution in [2.75, 3.05) is 38.9 Å². The van der Waals surface area contributed by atoms with E-state index in [4.69, 9.17) is 4.74 Å². The first-order chi connectivity index (χ1) is 50.9. The highest BCUT2D eigenvalue weighted by Crippen LogP contribution is 2.61. The van der Waals surface area contributed by atoms with Crippen molar-refractivity contribution in [1.82, 2.24) is 0 Å². The van der Waals surface area contributed by atoms with Crippen molar-refractivity contribution < 1.29 is 144 Å². The van der Waals surface area contributed by atoms with Crippen LogP contribution in [-0.2, 0) is 25.8 Å². The number of phenols is 6. The number of ether oxygens (including phenoxy) is 1. The number of aromatic hydroxyl groups is 6. The second kappa shape index (κ2) is 31.1. The van der Waals surface area contributed by atoms with E-state index in [1.807, 2.05) is 10.6 Å². The van der Waals surface area contributed by atoms with Gasteiger partial charge in [0, 0.05) is 43.1 Å². The van der Waals surface area contributed by atoms with Gasteiger partial charge in [-0.3, -0.25) is 19.2 Å². The second-order valence-corrected chi connectivity index (χ2v) is 24.2. The minimum Gasteiger partial charge on any atom is -0.506 e. The molecule has 0 aliphatic rings. The van der Waals surface area contributed by atoms with Crippen molar-refractivity contribution in [2.45, 2.75) is 86.5 Å². The number of aliphatic hydroxyl groups is 2. The van der Waals surface area contributed by atoms with Crippen molar-refractivity contribution in [3.63, 3.8) is 0 Å². The molecular weight excluding hydrogens is 1510 g/mol. The summed E-state index contributed by atoms with van der Waals surface area (Å²) >= 11 is 0. The highest BCUT2D eigenvalue weighted by molar-refractivity contribution is 6.05. The van der Waals surface area contributed by atoms with Crippen LogP contribution in [0.25, 0.3) is 0 Å². The summed E-state index contributed by atoms with van der Waals surface area (Å²) in [4.78, 5) is 47.8. The van der Waals surface area contributed by atoms with E-state index >= 15 is 0 Å². The third-order valence-electron chi connectivity index (χ3n) is 17.0. The molecule has 0 aliphatic carbocycles. The molecule has 0 spiro atoms. The zero-order valence-electron chi connectivity index (χ0n) is 56.4. The number of aliphatic hydroxyl groups excluding tert-OH is 2. The van der Waals surface area contributed by atoms with Crippen molar-refractivity contribution in [1.29, 1.82) is 0 Å². The molecule has 0 heterocycles. The number of anilines is 6. The first-order valence-electron chi connectivity index (χ1n) is 31.3. The molecule has 0 unspecified atom stereocenters. The topological polar surface area (TPSA) is 312 Å². The maximum atomic E-state index is 14.9. The average molecular weight is 1570 g/mol. The Morgan fingerprint density at radius 2 is 0.609 bits per heavy atom. The Morgan fingerprint density at radius 1 is 0.327 bits per heavy atom. The van der Waals surface area contributed by atoms with Gasteiger partial charge in [0.1, 0.15) is 46.0 Å². The molecule has 0 bridgehead atoms. The number of amides is 3. The van der Waals surface area contributed by atoms with Crippen molar-refractivity contribution in [3.05, 3.63) is 238 Å². The Labute approximate surface area is 608 Å². The van der Waals surface area contributed by atoms with Gasteiger partial charge in [-0.05, 0) is 156 Å². The van der Waals surface area contributed by atoms with Gasteiger partial charge in [0.05, 0.1) is 34.1 Å². The molecule has 9 aromatic carbocycles. The van der Waals surface area contributed by atoms with Gasteiger partial charge in [0.15, 0.2) is 18.2 Å². The van der Waals surface area contributed by atoms with E-state index in [-0.39, 0.29) is 51.7 Å². The van der Waals surface area contributed by atoms with Gasteiger partial charge in [-0.1, -0.05) is 66.7 Å². The molecule has 9 rings (SSSR count). The molecule has 37 heteroatoms. The standard InChI is InChI=1S/C47H36F12N4O8.C26H22F6N2O5/c1-23(64)61-33-20-27(8-16-37(33)66)43(46(54,55)56,47(57,58)59)29-10-18-39(68)35(22-29)63-41(70)25-5-13-31(14-6-25)71-30-11-3-24(4-12-30)40(69)62-34-21-28(9-17-38(34)67)42(44(48,49)50,45(51,52)53)26-7-15-36(65)32(19-26)60-2;1-13(35)15-4-3-5-16(10-15)23(39)34-20-12-18(7-9-22(20)38)24(25(27,28)29,26(30,31)32)17-6-8-21(37)19(11-17)33-14(2)36/h3-22,40,60,62,65-69H,1-2H3,(H,61,64)(H,63,70);3-12,23,34,37-39H,1-2H3,(H,33,36)/t40-;23-/m00/s1. The molecule has 14 N–H and O–H groups in total. The molecule has 0 saturated heterocycles. The van der Waals surface area contributed by atoms with Gasteiger partial charge >= 0.3 is 37.1 Å². The van der Waals surface area contributed by atoms with Crippen LogP contribution in [0.15, 0.2) is 182 Å². The predicted octanol–water partition coefficient (Wildman–Crippen LogP) is 17.3. The van der Waals surface area contributed by atoms with Gasteiger partial charge in [0.2, 0.25) is 28.1 Å². The van der Waals surface area contributed by atoms with Gasteiger partial charge in [0.25, 0.3) is 5.91 Å². The lowest BCUT2D eigenvalue weighted by molar-refractivity contribution is -0.290. The minimum absolute atomic E-state index is 0.0282. The first kappa shape index (κ1) is 83.4. The minimum atomic E-state index is -6.15.